The highest BCUT2D eigenvalue weighted by Gasteiger charge is 2.29. The molecule has 0 heterocycles. The summed E-state index contributed by atoms with van der Waals surface area (Å²) < 4.78 is 0. The van der Waals surface area contributed by atoms with Crippen LogP contribution in [0.3, 0.4) is 0 Å². The summed E-state index contributed by atoms with van der Waals surface area (Å²) in [4.78, 5) is 0. The van der Waals surface area contributed by atoms with Gasteiger partial charge < -0.3 is 10.2 Å². The highest BCUT2D eigenvalue weighted by molar-refractivity contribution is 6.83. The van der Waals surface area contributed by atoms with Gasteiger partial charge >= 0.3 is 0 Å². The molecule has 1 atom stereocenters. The Hall–Kier alpha value is -2.02. The Kier molecular flexibility index (Phi) is 4.22. The van der Waals surface area contributed by atoms with Crippen LogP contribution >= 0.6 is 0 Å². The molecule has 0 aliphatic carbocycles. The lowest BCUT2D eigenvalue weighted by molar-refractivity contribution is 0.145. The molecular formula is C18H20O2Si. The zero-order chi connectivity index (χ0) is 15.5. The standard InChI is InChI=1S/C18H20O2Si/c1-21(2,3)14-13-18(20,15-7-5-4-6-8-15)16-9-11-17(19)12-10-16/h4-12,19-20H,1-3H3. The summed E-state index contributed by atoms with van der Waals surface area (Å²) in [6.45, 7) is 6.42. The first-order chi connectivity index (χ1) is 9.81. The maximum atomic E-state index is 11.2. The fraction of sp³-hybridized carbons (Fsp3) is 0.222. The first-order valence-electron chi connectivity index (χ1n) is 6.93. The number of hydrogen-bond donors (Lipinski definition) is 2. The molecule has 0 bridgehead atoms. The van der Waals surface area contributed by atoms with E-state index in [9.17, 15) is 10.2 Å². The fourth-order valence-electron chi connectivity index (χ4n) is 1.97. The normalized spacial score (nSPS) is 13.9. The average molecular weight is 296 g/mol. The minimum absolute atomic E-state index is 0.173. The summed E-state index contributed by atoms with van der Waals surface area (Å²) in [7, 11) is -1.61. The van der Waals surface area contributed by atoms with Crippen LogP contribution in [0.4, 0.5) is 0 Å². The van der Waals surface area contributed by atoms with Gasteiger partial charge in [0.1, 0.15) is 13.8 Å². The quantitative estimate of drug-likeness (QED) is 0.657. The van der Waals surface area contributed by atoms with Gasteiger partial charge in [-0.1, -0.05) is 68.0 Å². The van der Waals surface area contributed by atoms with E-state index in [1.54, 1.807) is 24.3 Å². The number of aliphatic hydroxyl groups is 1. The van der Waals surface area contributed by atoms with Crippen LogP contribution in [0.25, 0.3) is 0 Å². The number of aromatic hydroxyl groups is 1. The van der Waals surface area contributed by atoms with Crippen molar-refractivity contribution < 1.29 is 10.2 Å². The topological polar surface area (TPSA) is 40.5 Å². The Labute approximate surface area is 127 Å². The molecule has 0 aliphatic rings. The molecule has 0 saturated carbocycles. The SMILES string of the molecule is C[Si](C)(C)C#CC(O)(c1ccccc1)c1ccc(O)cc1. The molecule has 2 rings (SSSR count). The van der Waals surface area contributed by atoms with Crippen molar-refractivity contribution in [3.63, 3.8) is 0 Å². The number of phenolic OH excluding ortho intramolecular Hbond substituents is 1. The van der Waals surface area contributed by atoms with Crippen LogP contribution in [0.5, 0.6) is 5.75 Å². The van der Waals surface area contributed by atoms with Gasteiger partial charge in [0.15, 0.2) is 5.60 Å². The van der Waals surface area contributed by atoms with Crippen molar-refractivity contribution in [2.24, 2.45) is 0 Å². The molecule has 2 nitrogen and oxygen atoms in total. The van der Waals surface area contributed by atoms with Gasteiger partial charge in [0, 0.05) is 11.1 Å². The molecule has 21 heavy (non-hydrogen) atoms. The van der Waals surface area contributed by atoms with Gasteiger partial charge in [-0.2, -0.15) is 0 Å². The van der Waals surface area contributed by atoms with Crippen molar-refractivity contribution in [2.45, 2.75) is 25.2 Å². The van der Waals surface area contributed by atoms with Crippen molar-refractivity contribution in [3.05, 3.63) is 65.7 Å². The van der Waals surface area contributed by atoms with Gasteiger partial charge in [0.05, 0.1) is 0 Å². The first-order valence-corrected chi connectivity index (χ1v) is 10.4. The summed E-state index contributed by atoms with van der Waals surface area (Å²) >= 11 is 0. The van der Waals surface area contributed by atoms with E-state index in [-0.39, 0.29) is 5.75 Å². The molecular weight excluding hydrogens is 276 g/mol. The third-order valence-corrected chi connectivity index (χ3v) is 3.97. The van der Waals surface area contributed by atoms with E-state index < -0.39 is 13.7 Å². The van der Waals surface area contributed by atoms with E-state index in [0.717, 1.165) is 5.56 Å². The third-order valence-electron chi connectivity index (χ3n) is 3.10. The highest BCUT2D eigenvalue weighted by Crippen LogP contribution is 2.30. The monoisotopic (exact) mass is 296 g/mol. The van der Waals surface area contributed by atoms with Crippen molar-refractivity contribution in [3.8, 4) is 17.2 Å². The lowest BCUT2D eigenvalue weighted by Gasteiger charge is -2.24. The van der Waals surface area contributed by atoms with E-state index in [0.29, 0.717) is 5.56 Å². The predicted molar refractivity (Wildman–Crippen MR) is 88.7 cm³/mol. The smallest absolute Gasteiger partial charge is 0.176 e. The van der Waals surface area contributed by atoms with Crippen molar-refractivity contribution in [2.75, 3.05) is 0 Å². The van der Waals surface area contributed by atoms with Crippen LogP contribution in [0, 0.1) is 11.5 Å². The van der Waals surface area contributed by atoms with E-state index in [4.69, 9.17) is 0 Å². The maximum Gasteiger partial charge on any atom is 0.176 e. The van der Waals surface area contributed by atoms with E-state index >= 15 is 0 Å². The summed E-state index contributed by atoms with van der Waals surface area (Å²) in [6, 6.07) is 16.0. The van der Waals surface area contributed by atoms with Crippen LogP contribution in [-0.2, 0) is 5.60 Å². The molecule has 1 unspecified atom stereocenters. The number of benzene rings is 2. The van der Waals surface area contributed by atoms with Gasteiger partial charge in [-0.3, -0.25) is 0 Å². The average Bonchev–Trinajstić information content (AvgIpc) is 2.46. The van der Waals surface area contributed by atoms with Gasteiger partial charge in [-0.05, 0) is 12.1 Å². The molecule has 0 aromatic heterocycles. The maximum absolute atomic E-state index is 11.2. The number of phenols is 1. The molecule has 0 spiro atoms. The molecule has 0 saturated heterocycles. The van der Waals surface area contributed by atoms with Gasteiger partial charge in [-0.25, -0.2) is 0 Å². The fourth-order valence-corrected chi connectivity index (χ4v) is 2.53. The Morgan fingerprint density at radius 3 is 1.90 bits per heavy atom. The minimum Gasteiger partial charge on any atom is -0.508 e. The second-order valence-electron chi connectivity index (χ2n) is 6.12. The molecule has 2 aromatic carbocycles. The Bertz CT molecular complexity index is 660. The van der Waals surface area contributed by atoms with E-state index in [1.165, 1.54) is 0 Å². The van der Waals surface area contributed by atoms with Crippen LogP contribution in [-0.4, -0.2) is 18.3 Å². The largest absolute Gasteiger partial charge is 0.508 e. The zero-order valence-corrected chi connectivity index (χ0v) is 13.6. The number of rotatable bonds is 2. The van der Waals surface area contributed by atoms with Gasteiger partial charge in [-0.15, -0.1) is 5.54 Å². The third kappa shape index (κ3) is 3.75. The lowest BCUT2D eigenvalue weighted by atomic mass is 9.87. The van der Waals surface area contributed by atoms with Crippen molar-refractivity contribution >= 4 is 8.07 Å². The molecule has 2 N–H and O–H groups in total. The lowest BCUT2D eigenvalue weighted by Crippen LogP contribution is -2.27. The van der Waals surface area contributed by atoms with Crippen LogP contribution < -0.4 is 0 Å². The molecule has 2 aromatic rings. The number of hydrogen-bond acceptors (Lipinski definition) is 2. The Balaban J connectivity index is 2.58. The van der Waals surface area contributed by atoms with Crippen molar-refractivity contribution in [1.82, 2.24) is 0 Å². The summed E-state index contributed by atoms with van der Waals surface area (Å²) in [5.41, 5.74) is 3.30. The summed E-state index contributed by atoms with van der Waals surface area (Å²) in [5.74, 6) is 3.25. The molecule has 3 heteroatoms. The molecule has 108 valence electrons. The second-order valence-corrected chi connectivity index (χ2v) is 10.9. The minimum atomic E-state index is -1.61. The molecule has 0 radical (unpaired) electrons. The van der Waals surface area contributed by atoms with Crippen LogP contribution in [0.15, 0.2) is 54.6 Å². The second kappa shape index (κ2) is 5.77. The van der Waals surface area contributed by atoms with Gasteiger partial charge in [0.25, 0.3) is 0 Å². The van der Waals surface area contributed by atoms with Crippen LogP contribution in [0.1, 0.15) is 11.1 Å². The summed E-state index contributed by atoms with van der Waals surface area (Å²) in [5, 5.41) is 20.6. The van der Waals surface area contributed by atoms with Crippen LogP contribution in [0.2, 0.25) is 19.6 Å². The Morgan fingerprint density at radius 2 is 1.38 bits per heavy atom. The molecule has 0 amide bonds. The van der Waals surface area contributed by atoms with Gasteiger partial charge in [0.2, 0.25) is 0 Å². The molecule has 0 aliphatic heterocycles. The zero-order valence-electron chi connectivity index (χ0n) is 12.6. The summed E-state index contributed by atoms with van der Waals surface area (Å²) in [6.07, 6.45) is 0. The van der Waals surface area contributed by atoms with E-state index in [1.807, 2.05) is 30.3 Å². The van der Waals surface area contributed by atoms with Crippen molar-refractivity contribution in [1.29, 1.82) is 0 Å². The Morgan fingerprint density at radius 1 is 0.857 bits per heavy atom. The highest BCUT2D eigenvalue weighted by atomic mass is 28.3. The predicted octanol–water partition coefficient (Wildman–Crippen LogP) is 3.51. The van der Waals surface area contributed by atoms with E-state index in [2.05, 4.69) is 31.1 Å². The molecule has 0 fully saturated rings. The first kappa shape index (κ1) is 15.4.